The minimum Gasteiger partial charge on any atom is -0.323 e. The Kier molecular flexibility index (Phi) is 3.70. The average Bonchev–Trinajstić information content (AvgIpc) is 3.07. The second-order valence-corrected chi connectivity index (χ2v) is 5.47. The van der Waals surface area contributed by atoms with Crippen molar-refractivity contribution >= 4 is 22.8 Å². The quantitative estimate of drug-likeness (QED) is 0.595. The molecule has 0 atom stereocenters. The molecular weight excluding hydrogens is 319 g/mol. The van der Waals surface area contributed by atoms with Gasteiger partial charge in [0.2, 0.25) is 0 Å². The van der Waals surface area contributed by atoms with Gasteiger partial charge in [-0.05, 0) is 42.5 Å². The fourth-order valence-corrected chi connectivity index (χ4v) is 2.56. The van der Waals surface area contributed by atoms with Gasteiger partial charge < -0.3 is 10.3 Å². The number of H-pyrrole nitrogens is 1. The molecule has 2 aromatic heterocycles. The molecule has 0 bridgehead atoms. The van der Waals surface area contributed by atoms with E-state index in [2.05, 4.69) is 20.3 Å². The summed E-state index contributed by atoms with van der Waals surface area (Å²) in [6, 6.07) is 16.8. The van der Waals surface area contributed by atoms with Crippen LogP contribution in [0.2, 0.25) is 0 Å². The SMILES string of the molecule is O=C(Nc1ccccc1)c1ccnc2[nH]c(-c3ccc(F)cc3)nc12. The number of anilines is 1. The van der Waals surface area contributed by atoms with Crippen molar-refractivity contribution in [3.05, 3.63) is 78.2 Å². The van der Waals surface area contributed by atoms with E-state index in [1.54, 1.807) is 24.4 Å². The van der Waals surface area contributed by atoms with Crippen LogP contribution >= 0.6 is 0 Å². The molecule has 122 valence electrons. The summed E-state index contributed by atoms with van der Waals surface area (Å²) in [5.74, 6) is -0.0564. The zero-order chi connectivity index (χ0) is 17.2. The van der Waals surface area contributed by atoms with Crippen LogP contribution in [0.3, 0.4) is 0 Å². The first kappa shape index (κ1) is 15.0. The molecule has 1 amide bonds. The predicted molar refractivity (Wildman–Crippen MR) is 93.7 cm³/mol. The second kappa shape index (κ2) is 6.16. The number of benzene rings is 2. The van der Waals surface area contributed by atoms with Crippen molar-refractivity contribution in [3.8, 4) is 11.4 Å². The lowest BCUT2D eigenvalue weighted by Gasteiger charge is -2.04. The summed E-state index contributed by atoms with van der Waals surface area (Å²) in [5, 5.41) is 2.84. The van der Waals surface area contributed by atoms with Crippen molar-refractivity contribution in [3.63, 3.8) is 0 Å². The number of amides is 1. The van der Waals surface area contributed by atoms with Gasteiger partial charge in [-0.25, -0.2) is 14.4 Å². The number of nitrogens with zero attached hydrogens (tertiary/aromatic N) is 2. The Balaban J connectivity index is 1.72. The third-order valence-corrected chi connectivity index (χ3v) is 3.78. The molecule has 4 rings (SSSR count). The van der Waals surface area contributed by atoms with Crippen molar-refractivity contribution < 1.29 is 9.18 Å². The van der Waals surface area contributed by atoms with Crippen LogP contribution in [0.4, 0.5) is 10.1 Å². The normalized spacial score (nSPS) is 10.8. The molecule has 2 N–H and O–H groups in total. The van der Waals surface area contributed by atoms with E-state index in [1.165, 1.54) is 12.1 Å². The van der Waals surface area contributed by atoms with Gasteiger partial charge in [0.25, 0.3) is 5.91 Å². The van der Waals surface area contributed by atoms with Crippen molar-refractivity contribution in [2.75, 3.05) is 5.32 Å². The molecule has 2 heterocycles. The highest BCUT2D eigenvalue weighted by Crippen LogP contribution is 2.22. The highest BCUT2D eigenvalue weighted by molar-refractivity contribution is 6.11. The molecule has 0 unspecified atom stereocenters. The fraction of sp³-hybridized carbons (Fsp3) is 0. The van der Waals surface area contributed by atoms with Gasteiger partial charge in [0.1, 0.15) is 17.2 Å². The van der Waals surface area contributed by atoms with Gasteiger partial charge >= 0.3 is 0 Å². The lowest BCUT2D eigenvalue weighted by Crippen LogP contribution is -2.12. The van der Waals surface area contributed by atoms with Gasteiger partial charge in [-0.3, -0.25) is 4.79 Å². The molecule has 2 aromatic carbocycles. The van der Waals surface area contributed by atoms with E-state index in [0.29, 0.717) is 33.8 Å². The Hall–Kier alpha value is -3.54. The molecule has 0 radical (unpaired) electrons. The van der Waals surface area contributed by atoms with Gasteiger partial charge in [0.15, 0.2) is 5.65 Å². The van der Waals surface area contributed by atoms with Crippen molar-refractivity contribution in [2.45, 2.75) is 0 Å². The molecule has 0 saturated carbocycles. The lowest BCUT2D eigenvalue weighted by molar-refractivity contribution is 0.102. The first-order chi connectivity index (χ1) is 12.2. The number of hydrogen-bond acceptors (Lipinski definition) is 3. The van der Waals surface area contributed by atoms with E-state index in [1.807, 2.05) is 30.3 Å². The third kappa shape index (κ3) is 2.97. The van der Waals surface area contributed by atoms with Crippen LogP contribution in [0.15, 0.2) is 66.9 Å². The van der Waals surface area contributed by atoms with Gasteiger partial charge in [0.05, 0.1) is 5.56 Å². The average molecular weight is 332 g/mol. The number of fused-ring (bicyclic) bond motifs is 1. The molecule has 6 heteroatoms. The summed E-state index contributed by atoms with van der Waals surface area (Å²) in [6.45, 7) is 0. The summed E-state index contributed by atoms with van der Waals surface area (Å²) in [7, 11) is 0. The Morgan fingerprint density at radius 1 is 1.00 bits per heavy atom. The van der Waals surface area contributed by atoms with Crippen LogP contribution in [0.5, 0.6) is 0 Å². The Bertz CT molecular complexity index is 1040. The predicted octanol–water partition coefficient (Wildman–Crippen LogP) is 4.02. The molecule has 0 spiro atoms. The number of pyridine rings is 1. The highest BCUT2D eigenvalue weighted by Gasteiger charge is 2.15. The molecule has 0 fully saturated rings. The number of imidazole rings is 1. The number of carbonyl (C=O) groups is 1. The van der Waals surface area contributed by atoms with E-state index >= 15 is 0 Å². The van der Waals surface area contributed by atoms with Crippen LogP contribution < -0.4 is 5.32 Å². The number of carbonyl (C=O) groups excluding carboxylic acids is 1. The lowest BCUT2D eigenvalue weighted by atomic mass is 10.2. The summed E-state index contributed by atoms with van der Waals surface area (Å²) < 4.78 is 13.1. The number of rotatable bonds is 3. The molecule has 0 saturated heterocycles. The van der Waals surface area contributed by atoms with Crippen LogP contribution in [0.25, 0.3) is 22.6 Å². The number of hydrogen-bond donors (Lipinski definition) is 2. The maximum absolute atomic E-state index is 13.1. The minimum absolute atomic E-state index is 0.268. The molecular formula is C19H13FN4O. The summed E-state index contributed by atoms with van der Waals surface area (Å²) in [6.07, 6.45) is 1.55. The smallest absolute Gasteiger partial charge is 0.258 e. The van der Waals surface area contributed by atoms with Crippen LogP contribution in [0.1, 0.15) is 10.4 Å². The standard InChI is InChI=1S/C19H13FN4O/c20-13-8-6-12(7-9-13)17-23-16-15(10-11-21-18(16)24-17)19(25)22-14-4-2-1-3-5-14/h1-11H,(H,22,25)(H,21,23,24). The summed E-state index contributed by atoms with van der Waals surface area (Å²) >= 11 is 0. The van der Waals surface area contributed by atoms with Crippen molar-refractivity contribution in [2.24, 2.45) is 0 Å². The van der Waals surface area contributed by atoms with E-state index in [4.69, 9.17) is 0 Å². The van der Waals surface area contributed by atoms with Gasteiger partial charge in [-0.2, -0.15) is 0 Å². The monoisotopic (exact) mass is 332 g/mol. The molecule has 0 aliphatic rings. The number of para-hydroxylation sites is 1. The van der Waals surface area contributed by atoms with Gasteiger partial charge in [-0.1, -0.05) is 18.2 Å². The Morgan fingerprint density at radius 2 is 1.76 bits per heavy atom. The zero-order valence-electron chi connectivity index (χ0n) is 13.0. The number of nitrogens with one attached hydrogen (secondary N) is 2. The first-order valence-corrected chi connectivity index (χ1v) is 7.68. The summed E-state index contributed by atoms with van der Waals surface area (Å²) in [5.41, 5.74) is 2.80. The van der Waals surface area contributed by atoms with Gasteiger partial charge in [0, 0.05) is 17.4 Å². The molecule has 0 aliphatic heterocycles. The highest BCUT2D eigenvalue weighted by atomic mass is 19.1. The number of halogens is 1. The van der Waals surface area contributed by atoms with Crippen LogP contribution in [0, 0.1) is 5.82 Å². The number of aromatic nitrogens is 3. The fourth-order valence-electron chi connectivity index (χ4n) is 2.56. The van der Waals surface area contributed by atoms with Crippen LogP contribution in [-0.4, -0.2) is 20.9 Å². The second-order valence-electron chi connectivity index (χ2n) is 5.47. The van der Waals surface area contributed by atoms with E-state index in [9.17, 15) is 9.18 Å². The maximum atomic E-state index is 13.1. The molecule has 25 heavy (non-hydrogen) atoms. The summed E-state index contributed by atoms with van der Waals surface area (Å²) in [4.78, 5) is 24.3. The van der Waals surface area contributed by atoms with E-state index in [-0.39, 0.29) is 11.7 Å². The van der Waals surface area contributed by atoms with Gasteiger partial charge in [-0.15, -0.1) is 0 Å². The van der Waals surface area contributed by atoms with E-state index < -0.39 is 0 Å². The maximum Gasteiger partial charge on any atom is 0.258 e. The van der Waals surface area contributed by atoms with Crippen molar-refractivity contribution in [1.82, 2.24) is 15.0 Å². The topological polar surface area (TPSA) is 70.7 Å². The molecule has 5 nitrogen and oxygen atoms in total. The van der Waals surface area contributed by atoms with E-state index in [0.717, 1.165) is 0 Å². The van der Waals surface area contributed by atoms with Crippen molar-refractivity contribution in [1.29, 1.82) is 0 Å². The minimum atomic E-state index is -0.319. The first-order valence-electron chi connectivity index (χ1n) is 7.68. The Labute approximate surface area is 142 Å². The largest absolute Gasteiger partial charge is 0.323 e. The van der Waals surface area contributed by atoms with Crippen LogP contribution in [-0.2, 0) is 0 Å². The Morgan fingerprint density at radius 3 is 2.52 bits per heavy atom. The third-order valence-electron chi connectivity index (χ3n) is 3.78. The molecule has 4 aromatic rings. The zero-order valence-corrected chi connectivity index (χ0v) is 13.0. The molecule has 0 aliphatic carbocycles. The number of aromatic amines is 1.